The van der Waals surface area contributed by atoms with Crippen molar-refractivity contribution in [3.8, 4) is 0 Å². The number of rotatable bonds is 4. The molecule has 1 aliphatic heterocycles. The molecule has 1 amide bonds. The molecule has 1 fully saturated rings. The van der Waals surface area contributed by atoms with E-state index in [1.807, 2.05) is 18.2 Å². The molecule has 3 N–H and O–H groups in total. The van der Waals surface area contributed by atoms with Crippen LogP contribution in [0.4, 0.5) is 0 Å². The highest BCUT2D eigenvalue weighted by atomic mass is 32.2. The molecular formula is C13H25N3OS. The first-order chi connectivity index (χ1) is 8.46. The Hall–Kier alpha value is -0.680. The minimum Gasteiger partial charge on any atom is -0.404 e. The van der Waals surface area contributed by atoms with Crippen molar-refractivity contribution in [3.05, 3.63) is 11.1 Å². The van der Waals surface area contributed by atoms with Gasteiger partial charge >= 0.3 is 0 Å². The minimum absolute atomic E-state index is 0.0624. The van der Waals surface area contributed by atoms with Crippen molar-refractivity contribution < 1.29 is 4.79 Å². The normalized spacial score (nSPS) is 25.1. The molecule has 1 unspecified atom stereocenters. The lowest BCUT2D eigenvalue weighted by Gasteiger charge is -2.38. The van der Waals surface area contributed by atoms with E-state index < -0.39 is 0 Å². The SMILES string of the molecule is CNC1CCCC(C)(C)N(C/C(=C/N)SC)C1=O. The molecule has 1 aliphatic rings. The van der Waals surface area contributed by atoms with Gasteiger partial charge < -0.3 is 16.0 Å². The first-order valence-electron chi connectivity index (χ1n) is 6.39. The fraction of sp³-hybridized carbons (Fsp3) is 0.769. The van der Waals surface area contributed by atoms with Crippen LogP contribution in [-0.4, -0.2) is 42.2 Å². The lowest BCUT2D eigenvalue weighted by atomic mass is 9.97. The number of hydrogen-bond acceptors (Lipinski definition) is 4. The van der Waals surface area contributed by atoms with Gasteiger partial charge in [0, 0.05) is 16.6 Å². The molecule has 0 aromatic carbocycles. The Morgan fingerprint density at radius 2 is 2.33 bits per heavy atom. The Bertz CT molecular complexity index is 328. The van der Waals surface area contributed by atoms with Crippen LogP contribution in [0.25, 0.3) is 0 Å². The summed E-state index contributed by atoms with van der Waals surface area (Å²) in [7, 11) is 1.85. The summed E-state index contributed by atoms with van der Waals surface area (Å²) in [5.74, 6) is 0.188. The molecule has 18 heavy (non-hydrogen) atoms. The number of likely N-dealkylation sites (tertiary alicyclic amines) is 1. The largest absolute Gasteiger partial charge is 0.404 e. The maximum Gasteiger partial charge on any atom is 0.240 e. The molecule has 104 valence electrons. The standard InChI is InChI=1S/C13H25N3OS/c1-13(2)7-5-6-11(15-3)12(17)16(13)9-10(8-14)18-4/h8,11,15H,5-7,9,14H2,1-4H3/b10-8-. The van der Waals surface area contributed by atoms with Gasteiger partial charge in [0.15, 0.2) is 0 Å². The number of thioether (sulfide) groups is 1. The predicted molar refractivity (Wildman–Crippen MR) is 78.3 cm³/mol. The van der Waals surface area contributed by atoms with Crippen molar-refractivity contribution in [1.82, 2.24) is 10.2 Å². The molecule has 0 aromatic rings. The number of likely N-dealkylation sites (N-methyl/N-ethyl adjacent to an activating group) is 1. The maximum absolute atomic E-state index is 12.5. The van der Waals surface area contributed by atoms with Crippen LogP contribution in [0.2, 0.25) is 0 Å². The summed E-state index contributed by atoms with van der Waals surface area (Å²) < 4.78 is 0. The fourth-order valence-electron chi connectivity index (χ4n) is 2.38. The lowest BCUT2D eigenvalue weighted by Crippen LogP contribution is -2.52. The average molecular weight is 271 g/mol. The second-order valence-electron chi connectivity index (χ2n) is 5.31. The highest BCUT2D eigenvalue weighted by Crippen LogP contribution is 2.29. The summed E-state index contributed by atoms with van der Waals surface area (Å²) in [6.45, 7) is 4.89. The monoisotopic (exact) mass is 271 g/mol. The van der Waals surface area contributed by atoms with Crippen molar-refractivity contribution in [2.24, 2.45) is 5.73 Å². The number of carbonyl (C=O) groups excluding carboxylic acids is 1. The topological polar surface area (TPSA) is 58.4 Å². The molecule has 0 saturated carbocycles. The zero-order chi connectivity index (χ0) is 13.8. The van der Waals surface area contributed by atoms with E-state index in [4.69, 9.17) is 5.73 Å². The van der Waals surface area contributed by atoms with E-state index in [1.54, 1.807) is 18.0 Å². The van der Waals surface area contributed by atoms with Crippen LogP contribution in [0, 0.1) is 0 Å². The number of nitrogens with zero attached hydrogens (tertiary/aromatic N) is 1. The zero-order valence-electron chi connectivity index (χ0n) is 11.8. The molecule has 5 heteroatoms. The average Bonchev–Trinajstić information content (AvgIpc) is 2.44. The summed E-state index contributed by atoms with van der Waals surface area (Å²) in [5, 5.41) is 3.12. The summed E-state index contributed by atoms with van der Waals surface area (Å²) in [4.78, 5) is 15.5. The highest BCUT2D eigenvalue weighted by Gasteiger charge is 2.37. The fourth-order valence-corrected chi connectivity index (χ4v) is 2.78. The van der Waals surface area contributed by atoms with Gasteiger partial charge in [-0.15, -0.1) is 11.8 Å². The summed E-state index contributed by atoms with van der Waals surface area (Å²) in [5.41, 5.74) is 5.50. The smallest absolute Gasteiger partial charge is 0.240 e. The van der Waals surface area contributed by atoms with E-state index in [-0.39, 0.29) is 17.5 Å². The number of amides is 1. The quantitative estimate of drug-likeness (QED) is 0.814. The van der Waals surface area contributed by atoms with E-state index in [2.05, 4.69) is 19.2 Å². The van der Waals surface area contributed by atoms with E-state index in [0.717, 1.165) is 24.2 Å². The van der Waals surface area contributed by atoms with Gasteiger partial charge in [0.2, 0.25) is 5.91 Å². The molecule has 0 spiro atoms. The van der Waals surface area contributed by atoms with Gasteiger partial charge in [0.25, 0.3) is 0 Å². The number of nitrogens with two attached hydrogens (primary N) is 1. The Morgan fingerprint density at radius 1 is 1.67 bits per heavy atom. The number of carbonyl (C=O) groups is 1. The van der Waals surface area contributed by atoms with Crippen LogP contribution in [0.3, 0.4) is 0 Å². The Labute approximate surface area is 114 Å². The molecular weight excluding hydrogens is 246 g/mol. The Kier molecular flexibility index (Phi) is 5.53. The van der Waals surface area contributed by atoms with Crippen LogP contribution < -0.4 is 11.1 Å². The van der Waals surface area contributed by atoms with E-state index in [9.17, 15) is 4.79 Å². The molecule has 0 aromatic heterocycles. The van der Waals surface area contributed by atoms with E-state index >= 15 is 0 Å². The molecule has 1 atom stereocenters. The van der Waals surface area contributed by atoms with Gasteiger partial charge in [0.05, 0.1) is 12.6 Å². The van der Waals surface area contributed by atoms with Gasteiger partial charge in [-0.25, -0.2) is 0 Å². The predicted octanol–water partition coefficient (Wildman–Crippen LogP) is 1.53. The van der Waals surface area contributed by atoms with Crippen LogP contribution in [0.1, 0.15) is 33.1 Å². The van der Waals surface area contributed by atoms with E-state index in [1.165, 1.54) is 0 Å². The lowest BCUT2D eigenvalue weighted by molar-refractivity contribution is -0.137. The second-order valence-corrected chi connectivity index (χ2v) is 6.24. The summed E-state index contributed by atoms with van der Waals surface area (Å²) in [6.07, 6.45) is 6.61. The van der Waals surface area contributed by atoms with Crippen molar-refractivity contribution in [2.75, 3.05) is 19.8 Å². The van der Waals surface area contributed by atoms with Gasteiger partial charge in [-0.3, -0.25) is 4.79 Å². The Morgan fingerprint density at radius 3 is 2.83 bits per heavy atom. The summed E-state index contributed by atoms with van der Waals surface area (Å²) >= 11 is 1.60. The van der Waals surface area contributed by atoms with Crippen molar-refractivity contribution in [1.29, 1.82) is 0 Å². The van der Waals surface area contributed by atoms with Crippen molar-refractivity contribution >= 4 is 17.7 Å². The van der Waals surface area contributed by atoms with Crippen molar-refractivity contribution in [3.63, 3.8) is 0 Å². The molecule has 0 aliphatic carbocycles. The summed E-state index contributed by atoms with van der Waals surface area (Å²) in [6, 6.07) is -0.0624. The first kappa shape index (κ1) is 15.4. The van der Waals surface area contributed by atoms with Crippen LogP contribution in [-0.2, 0) is 4.79 Å². The third-order valence-electron chi connectivity index (χ3n) is 3.69. The van der Waals surface area contributed by atoms with Gasteiger partial charge in [-0.05, 0) is 46.4 Å². The molecule has 1 rings (SSSR count). The second kappa shape index (κ2) is 6.48. The zero-order valence-corrected chi connectivity index (χ0v) is 12.6. The van der Waals surface area contributed by atoms with Crippen LogP contribution in [0.15, 0.2) is 11.1 Å². The first-order valence-corrected chi connectivity index (χ1v) is 7.62. The van der Waals surface area contributed by atoms with Gasteiger partial charge in [-0.1, -0.05) is 0 Å². The van der Waals surface area contributed by atoms with E-state index in [0.29, 0.717) is 6.54 Å². The molecule has 1 saturated heterocycles. The number of hydrogen-bond donors (Lipinski definition) is 2. The van der Waals surface area contributed by atoms with Crippen LogP contribution >= 0.6 is 11.8 Å². The maximum atomic E-state index is 12.5. The molecule has 0 bridgehead atoms. The molecule has 0 radical (unpaired) electrons. The highest BCUT2D eigenvalue weighted by molar-refractivity contribution is 8.02. The van der Waals surface area contributed by atoms with Crippen LogP contribution in [0.5, 0.6) is 0 Å². The van der Waals surface area contributed by atoms with Gasteiger partial charge in [-0.2, -0.15) is 0 Å². The Balaban J connectivity index is 2.95. The molecule has 1 heterocycles. The molecule has 4 nitrogen and oxygen atoms in total. The third-order valence-corrected chi connectivity index (χ3v) is 4.48. The van der Waals surface area contributed by atoms with Gasteiger partial charge in [0.1, 0.15) is 0 Å². The number of nitrogens with one attached hydrogen (secondary N) is 1. The van der Waals surface area contributed by atoms with Crippen molar-refractivity contribution in [2.45, 2.75) is 44.7 Å². The minimum atomic E-state index is -0.104. The third kappa shape index (κ3) is 3.42.